The summed E-state index contributed by atoms with van der Waals surface area (Å²) in [7, 11) is 0. The zero-order valence-electron chi connectivity index (χ0n) is 9.40. The zero-order chi connectivity index (χ0) is 12.0. The summed E-state index contributed by atoms with van der Waals surface area (Å²) in [5.41, 5.74) is 0. The van der Waals surface area contributed by atoms with Gasteiger partial charge in [-0.2, -0.15) is 0 Å². The number of amides is 1. The van der Waals surface area contributed by atoms with Gasteiger partial charge in [-0.15, -0.1) is 0 Å². The minimum absolute atomic E-state index is 0.0127. The van der Waals surface area contributed by atoms with Gasteiger partial charge >= 0.3 is 0 Å². The lowest BCUT2D eigenvalue weighted by atomic mass is 10.4. The SMILES string of the molecule is CCNC(=O)CN(CC)c1ncncc1I. The van der Waals surface area contributed by atoms with Crippen molar-refractivity contribution >= 4 is 34.3 Å². The Balaban J connectivity index is 2.75. The Bertz CT molecular complexity index is 358. The van der Waals surface area contributed by atoms with E-state index in [2.05, 4.69) is 37.9 Å². The smallest absolute Gasteiger partial charge is 0.239 e. The fourth-order valence-corrected chi connectivity index (χ4v) is 1.94. The zero-order valence-corrected chi connectivity index (χ0v) is 11.6. The predicted molar refractivity (Wildman–Crippen MR) is 71.3 cm³/mol. The molecule has 5 nitrogen and oxygen atoms in total. The topological polar surface area (TPSA) is 58.1 Å². The number of nitrogens with one attached hydrogen (secondary N) is 1. The van der Waals surface area contributed by atoms with Crippen molar-refractivity contribution in [3.63, 3.8) is 0 Å². The molecule has 1 aromatic rings. The molecule has 0 aromatic carbocycles. The second kappa shape index (κ2) is 6.62. The molecule has 0 aliphatic carbocycles. The van der Waals surface area contributed by atoms with Gasteiger partial charge in [0, 0.05) is 19.3 Å². The molecule has 0 atom stereocenters. The van der Waals surface area contributed by atoms with Crippen molar-refractivity contribution in [2.75, 3.05) is 24.5 Å². The van der Waals surface area contributed by atoms with E-state index in [0.29, 0.717) is 13.1 Å². The molecule has 88 valence electrons. The summed E-state index contributed by atoms with van der Waals surface area (Å²) in [5.74, 6) is 0.822. The number of aromatic nitrogens is 2. The lowest BCUT2D eigenvalue weighted by molar-refractivity contribution is -0.119. The Kier molecular flexibility index (Phi) is 5.44. The van der Waals surface area contributed by atoms with Gasteiger partial charge in [-0.25, -0.2) is 9.97 Å². The fraction of sp³-hybridized carbons (Fsp3) is 0.500. The van der Waals surface area contributed by atoms with Crippen molar-refractivity contribution in [1.29, 1.82) is 0 Å². The summed E-state index contributed by atoms with van der Waals surface area (Å²) in [4.78, 5) is 21.5. The molecule has 0 aliphatic heterocycles. The first-order valence-electron chi connectivity index (χ1n) is 5.16. The van der Waals surface area contributed by atoms with Crippen LogP contribution in [0.5, 0.6) is 0 Å². The minimum atomic E-state index is 0.0127. The Labute approximate surface area is 109 Å². The molecule has 0 radical (unpaired) electrons. The van der Waals surface area contributed by atoms with E-state index < -0.39 is 0 Å². The van der Waals surface area contributed by atoms with Crippen molar-refractivity contribution in [2.24, 2.45) is 0 Å². The summed E-state index contributed by atoms with van der Waals surface area (Å²) in [5, 5.41) is 2.77. The van der Waals surface area contributed by atoms with Gasteiger partial charge in [-0.05, 0) is 36.4 Å². The highest BCUT2D eigenvalue weighted by Crippen LogP contribution is 2.17. The molecule has 0 aliphatic rings. The molecule has 1 amide bonds. The number of likely N-dealkylation sites (N-methyl/N-ethyl adjacent to an activating group) is 2. The van der Waals surface area contributed by atoms with Crippen LogP contribution in [-0.4, -0.2) is 35.5 Å². The molecule has 0 spiro atoms. The van der Waals surface area contributed by atoms with E-state index in [9.17, 15) is 4.79 Å². The maximum atomic E-state index is 11.5. The van der Waals surface area contributed by atoms with Crippen molar-refractivity contribution in [3.8, 4) is 0 Å². The van der Waals surface area contributed by atoms with Gasteiger partial charge in [0.2, 0.25) is 5.91 Å². The van der Waals surface area contributed by atoms with E-state index in [-0.39, 0.29) is 5.91 Å². The first kappa shape index (κ1) is 13.1. The quantitative estimate of drug-likeness (QED) is 0.818. The highest BCUT2D eigenvalue weighted by atomic mass is 127. The van der Waals surface area contributed by atoms with E-state index in [1.807, 2.05) is 18.7 Å². The van der Waals surface area contributed by atoms with Crippen molar-refractivity contribution < 1.29 is 4.79 Å². The fourth-order valence-electron chi connectivity index (χ4n) is 1.30. The molecule has 0 fully saturated rings. The molecule has 0 bridgehead atoms. The molecule has 0 saturated carbocycles. The van der Waals surface area contributed by atoms with Crippen LogP contribution in [0.1, 0.15) is 13.8 Å². The lowest BCUT2D eigenvalue weighted by Crippen LogP contribution is -2.37. The second-order valence-corrected chi connectivity index (χ2v) is 4.32. The third-order valence-corrected chi connectivity index (χ3v) is 2.80. The number of hydrogen-bond donors (Lipinski definition) is 1. The highest BCUT2D eigenvalue weighted by Gasteiger charge is 2.13. The van der Waals surface area contributed by atoms with Gasteiger partial charge in [0.05, 0.1) is 10.1 Å². The minimum Gasteiger partial charge on any atom is -0.355 e. The van der Waals surface area contributed by atoms with Crippen molar-refractivity contribution in [1.82, 2.24) is 15.3 Å². The first-order valence-corrected chi connectivity index (χ1v) is 6.24. The van der Waals surface area contributed by atoms with Crippen LogP contribution in [-0.2, 0) is 4.79 Å². The van der Waals surface area contributed by atoms with Crippen molar-refractivity contribution in [3.05, 3.63) is 16.1 Å². The normalized spacial score (nSPS) is 9.94. The van der Waals surface area contributed by atoms with Crippen LogP contribution in [0.25, 0.3) is 0 Å². The Morgan fingerprint density at radius 1 is 1.56 bits per heavy atom. The third-order valence-electron chi connectivity index (χ3n) is 2.04. The van der Waals surface area contributed by atoms with Gasteiger partial charge < -0.3 is 10.2 Å². The monoisotopic (exact) mass is 334 g/mol. The maximum Gasteiger partial charge on any atom is 0.239 e. The average molecular weight is 334 g/mol. The summed E-state index contributed by atoms with van der Waals surface area (Å²) in [6, 6.07) is 0. The molecular formula is C10H15IN4O. The molecule has 1 N–H and O–H groups in total. The Hall–Kier alpha value is -0.920. The predicted octanol–water partition coefficient (Wildman–Crippen LogP) is 1.04. The summed E-state index contributed by atoms with van der Waals surface area (Å²) in [6.45, 7) is 5.62. The molecule has 1 heterocycles. The second-order valence-electron chi connectivity index (χ2n) is 3.16. The Morgan fingerprint density at radius 2 is 2.31 bits per heavy atom. The molecular weight excluding hydrogens is 319 g/mol. The number of carbonyl (C=O) groups excluding carboxylic acids is 1. The number of carbonyl (C=O) groups is 1. The van der Waals surface area contributed by atoms with Gasteiger partial charge in [-0.3, -0.25) is 4.79 Å². The van der Waals surface area contributed by atoms with Crippen LogP contribution in [0.2, 0.25) is 0 Å². The maximum absolute atomic E-state index is 11.5. The lowest BCUT2D eigenvalue weighted by Gasteiger charge is -2.21. The van der Waals surface area contributed by atoms with Crippen LogP contribution < -0.4 is 10.2 Å². The van der Waals surface area contributed by atoms with Gasteiger partial charge in [-0.1, -0.05) is 0 Å². The summed E-state index contributed by atoms with van der Waals surface area (Å²) >= 11 is 2.17. The van der Waals surface area contributed by atoms with Crippen LogP contribution >= 0.6 is 22.6 Å². The van der Waals surface area contributed by atoms with Gasteiger partial charge in [0.25, 0.3) is 0 Å². The van der Waals surface area contributed by atoms with Gasteiger partial charge in [0.1, 0.15) is 12.1 Å². The third kappa shape index (κ3) is 3.58. The van der Waals surface area contributed by atoms with Crippen LogP contribution in [0.3, 0.4) is 0 Å². The average Bonchev–Trinajstić information content (AvgIpc) is 2.27. The standard InChI is InChI=1S/C10H15IN4O/c1-3-13-9(16)6-15(4-2)10-8(11)5-12-7-14-10/h5,7H,3-4,6H2,1-2H3,(H,13,16). The summed E-state index contributed by atoms with van der Waals surface area (Å²) in [6.07, 6.45) is 3.24. The number of hydrogen-bond acceptors (Lipinski definition) is 4. The molecule has 0 unspecified atom stereocenters. The molecule has 1 rings (SSSR count). The molecule has 16 heavy (non-hydrogen) atoms. The van der Waals surface area contributed by atoms with E-state index in [0.717, 1.165) is 15.9 Å². The van der Waals surface area contributed by atoms with E-state index in [1.165, 1.54) is 6.33 Å². The largest absolute Gasteiger partial charge is 0.355 e. The Morgan fingerprint density at radius 3 is 2.88 bits per heavy atom. The molecule has 0 saturated heterocycles. The molecule has 6 heteroatoms. The summed E-state index contributed by atoms with van der Waals surface area (Å²) < 4.78 is 0.950. The molecule has 1 aromatic heterocycles. The number of rotatable bonds is 5. The number of halogens is 1. The number of anilines is 1. The van der Waals surface area contributed by atoms with Crippen LogP contribution in [0.15, 0.2) is 12.5 Å². The van der Waals surface area contributed by atoms with Crippen LogP contribution in [0, 0.1) is 3.57 Å². The van der Waals surface area contributed by atoms with Crippen LogP contribution in [0.4, 0.5) is 5.82 Å². The van der Waals surface area contributed by atoms with E-state index in [4.69, 9.17) is 0 Å². The van der Waals surface area contributed by atoms with Gasteiger partial charge in [0.15, 0.2) is 0 Å². The van der Waals surface area contributed by atoms with Crippen molar-refractivity contribution in [2.45, 2.75) is 13.8 Å². The van der Waals surface area contributed by atoms with E-state index >= 15 is 0 Å². The number of nitrogens with zero attached hydrogens (tertiary/aromatic N) is 3. The first-order chi connectivity index (χ1) is 7.69. The highest BCUT2D eigenvalue weighted by molar-refractivity contribution is 14.1. The van der Waals surface area contributed by atoms with E-state index in [1.54, 1.807) is 6.20 Å².